The number of aryl methyl sites for hydroxylation is 1. The molecule has 164 valence electrons. The number of carbonyl (C=O) groups is 1. The van der Waals surface area contributed by atoms with Gasteiger partial charge in [0.15, 0.2) is 5.69 Å². The number of nitrogens with one attached hydrogen (secondary N) is 1. The van der Waals surface area contributed by atoms with Gasteiger partial charge in [0.25, 0.3) is 21.5 Å². The lowest BCUT2D eigenvalue weighted by molar-refractivity contribution is 0.0945. The number of sulfonamides is 1. The van der Waals surface area contributed by atoms with E-state index >= 15 is 0 Å². The zero-order valence-corrected chi connectivity index (χ0v) is 18.8. The summed E-state index contributed by atoms with van der Waals surface area (Å²) in [5.41, 5.74) is -0.0332. The molecule has 1 fully saturated rings. The Kier molecular flexibility index (Phi) is 6.22. The molecule has 1 amide bonds. The van der Waals surface area contributed by atoms with Crippen LogP contribution < -0.4 is 10.9 Å². The second kappa shape index (κ2) is 8.89. The maximum absolute atomic E-state index is 12.9. The lowest BCUT2D eigenvalue weighted by atomic mass is 10.1. The van der Waals surface area contributed by atoms with Crippen LogP contribution in [0.15, 0.2) is 45.4 Å². The Morgan fingerprint density at radius 3 is 2.55 bits per heavy atom. The van der Waals surface area contributed by atoms with Gasteiger partial charge in [-0.25, -0.2) is 13.1 Å². The lowest BCUT2D eigenvalue weighted by Gasteiger charge is -2.13. The Bertz CT molecular complexity index is 1270. The third-order valence-electron chi connectivity index (χ3n) is 5.24. The van der Waals surface area contributed by atoms with Crippen LogP contribution >= 0.6 is 11.3 Å². The highest BCUT2D eigenvalue weighted by Crippen LogP contribution is 2.27. The summed E-state index contributed by atoms with van der Waals surface area (Å²) < 4.78 is 28.5. The van der Waals surface area contributed by atoms with Gasteiger partial charge >= 0.3 is 0 Å². The minimum Gasteiger partial charge on any atom is -0.346 e. The minimum absolute atomic E-state index is 0.182. The fraction of sp³-hybridized carbons (Fsp3) is 0.381. The van der Waals surface area contributed by atoms with Crippen molar-refractivity contribution in [2.24, 2.45) is 0 Å². The molecule has 0 radical (unpaired) electrons. The summed E-state index contributed by atoms with van der Waals surface area (Å²) in [7, 11) is -3.47. The number of amides is 1. The van der Waals surface area contributed by atoms with Crippen LogP contribution in [-0.2, 0) is 23.1 Å². The average molecular weight is 461 g/mol. The molecule has 0 bridgehead atoms. The fourth-order valence-corrected chi connectivity index (χ4v) is 6.63. The van der Waals surface area contributed by atoms with E-state index in [1.165, 1.54) is 8.99 Å². The molecule has 1 aliphatic heterocycles. The molecular weight excluding hydrogens is 436 g/mol. The number of benzene rings is 1. The average Bonchev–Trinajstić information content (AvgIpc) is 3.47. The molecule has 3 aromatic rings. The molecule has 31 heavy (non-hydrogen) atoms. The Morgan fingerprint density at radius 1 is 1.13 bits per heavy atom. The topological polar surface area (TPSA) is 101 Å². The Balaban J connectivity index is 1.55. The summed E-state index contributed by atoms with van der Waals surface area (Å²) in [6.07, 6.45) is 2.49. The molecule has 2 aromatic heterocycles. The summed E-state index contributed by atoms with van der Waals surface area (Å²) in [4.78, 5) is 26.2. The molecular formula is C21H24N4O4S2. The standard InChI is InChI=1S/C21H24N4O4S2/c1-2-11-25-21(27)17-8-4-3-7-16(17)19(23-25)20(26)22-14-15-9-10-18(30-15)31(28,29)24-12-5-6-13-24/h3-4,7-10H,2,5-6,11-14H2,1H3,(H,22,26). The fourth-order valence-electron chi connectivity index (χ4n) is 3.66. The number of hydrogen-bond donors (Lipinski definition) is 1. The van der Waals surface area contributed by atoms with Crippen molar-refractivity contribution < 1.29 is 13.2 Å². The highest BCUT2D eigenvalue weighted by Gasteiger charge is 2.28. The predicted octanol–water partition coefficient (Wildman–Crippen LogP) is 2.58. The van der Waals surface area contributed by atoms with Gasteiger partial charge in [0.05, 0.1) is 11.9 Å². The van der Waals surface area contributed by atoms with Gasteiger partial charge in [-0.3, -0.25) is 9.59 Å². The highest BCUT2D eigenvalue weighted by atomic mass is 32.2. The van der Waals surface area contributed by atoms with Crippen molar-refractivity contribution in [3.8, 4) is 0 Å². The number of hydrogen-bond acceptors (Lipinski definition) is 6. The van der Waals surface area contributed by atoms with Gasteiger partial charge in [0.2, 0.25) is 0 Å². The summed E-state index contributed by atoms with van der Waals surface area (Å²) in [6.45, 7) is 3.65. The number of thiophene rings is 1. The van der Waals surface area contributed by atoms with Gasteiger partial charge in [-0.05, 0) is 37.5 Å². The van der Waals surface area contributed by atoms with Crippen molar-refractivity contribution in [3.63, 3.8) is 0 Å². The Morgan fingerprint density at radius 2 is 1.84 bits per heavy atom. The Labute approximate surface area is 184 Å². The first kappa shape index (κ1) is 21.7. The summed E-state index contributed by atoms with van der Waals surface area (Å²) in [5.74, 6) is -0.404. The van der Waals surface area contributed by atoms with Crippen LogP contribution in [0.5, 0.6) is 0 Å². The molecule has 1 N–H and O–H groups in total. The minimum atomic E-state index is -3.47. The zero-order chi connectivity index (χ0) is 22.0. The largest absolute Gasteiger partial charge is 0.346 e. The molecule has 1 aromatic carbocycles. The van der Waals surface area contributed by atoms with Crippen molar-refractivity contribution in [2.75, 3.05) is 13.1 Å². The molecule has 10 heteroatoms. The second-order valence-electron chi connectivity index (χ2n) is 7.44. The van der Waals surface area contributed by atoms with Crippen molar-refractivity contribution in [3.05, 3.63) is 57.3 Å². The van der Waals surface area contributed by atoms with Crippen LogP contribution in [0, 0.1) is 0 Å². The van der Waals surface area contributed by atoms with Crippen LogP contribution in [0.25, 0.3) is 10.8 Å². The molecule has 3 heterocycles. The molecule has 0 saturated carbocycles. The Hall–Kier alpha value is -2.56. The first-order chi connectivity index (χ1) is 14.9. The van der Waals surface area contributed by atoms with Gasteiger partial charge in [-0.15, -0.1) is 11.3 Å². The van der Waals surface area contributed by atoms with Gasteiger partial charge in [0.1, 0.15) is 4.21 Å². The van der Waals surface area contributed by atoms with Crippen LogP contribution in [-0.4, -0.2) is 41.5 Å². The number of fused-ring (bicyclic) bond motifs is 1. The maximum atomic E-state index is 12.9. The van der Waals surface area contributed by atoms with E-state index in [2.05, 4.69) is 10.4 Å². The van der Waals surface area contributed by atoms with E-state index in [0.717, 1.165) is 35.5 Å². The van der Waals surface area contributed by atoms with Gasteiger partial charge in [-0.2, -0.15) is 9.40 Å². The highest BCUT2D eigenvalue weighted by molar-refractivity contribution is 7.91. The third kappa shape index (κ3) is 4.28. The van der Waals surface area contributed by atoms with E-state index in [-0.39, 0.29) is 17.8 Å². The monoisotopic (exact) mass is 460 g/mol. The molecule has 0 unspecified atom stereocenters. The van der Waals surface area contributed by atoms with Gasteiger partial charge in [0, 0.05) is 29.9 Å². The van der Waals surface area contributed by atoms with Crippen molar-refractivity contribution in [1.82, 2.24) is 19.4 Å². The predicted molar refractivity (Wildman–Crippen MR) is 120 cm³/mol. The number of carbonyl (C=O) groups excluding carboxylic acids is 1. The van der Waals surface area contributed by atoms with E-state index in [0.29, 0.717) is 34.6 Å². The van der Waals surface area contributed by atoms with E-state index < -0.39 is 15.9 Å². The van der Waals surface area contributed by atoms with Crippen molar-refractivity contribution >= 4 is 38.0 Å². The molecule has 1 saturated heterocycles. The van der Waals surface area contributed by atoms with E-state index in [4.69, 9.17) is 0 Å². The summed E-state index contributed by atoms with van der Waals surface area (Å²) >= 11 is 1.16. The summed E-state index contributed by atoms with van der Waals surface area (Å²) in [5, 5.41) is 8.06. The van der Waals surface area contributed by atoms with Gasteiger partial charge in [-0.1, -0.05) is 25.1 Å². The van der Waals surface area contributed by atoms with E-state index in [1.54, 1.807) is 36.4 Å². The van der Waals surface area contributed by atoms with Crippen LogP contribution in [0.1, 0.15) is 41.6 Å². The van der Waals surface area contributed by atoms with E-state index in [1.807, 2.05) is 6.92 Å². The second-order valence-corrected chi connectivity index (χ2v) is 10.8. The molecule has 0 spiro atoms. The molecule has 1 aliphatic rings. The van der Waals surface area contributed by atoms with Crippen LogP contribution in [0.4, 0.5) is 0 Å². The third-order valence-corrected chi connectivity index (χ3v) is 8.69. The number of rotatable bonds is 7. The van der Waals surface area contributed by atoms with E-state index in [9.17, 15) is 18.0 Å². The number of nitrogens with zero attached hydrogens (tertiary/aromatic N) is 3. The molecule has 0 atom stereocenters. The first-order valence-electron chi connectivity index (χ1n) is 10.3. The quantitative estimate of drug-likeness (QED) is 0.584. The normalized spacial score (nSPS) is 14.9. The van der Waals surface area contributed by atoms with Crippen LogP contribution in [0.3, 0.4) is 0 Å². The molecule has 0 aliphatic carbocycles. The zero-order valence-electron chi connectivity index (χ0n) is 17.2. The molecule has 4 rings (SSSR count). The van der Waals surface area contributed by atoms with Gasteiger partial charge < -0.3 is 5.32 Å². The smallest absolute Gasteiger partial charge is 0.274 e. The van der Waals surface area contributed by atoms with Crippen LogP contribution in [0.2, 0.25) is 0 Å². The van der Waals surface area contributed by atoms with Crippen molar-refractivity contribution in [1.29, 1.82) is 0 Å². The SMILES string of the molecule is CCCn1nc(C(=O)NCc2ccc(S(=O)(=O)N3CCCC3)s2)c2ccccc2c1=O. The lowest BCUT2D eigenvalue weighted by Crippen LogP contribution is -2.30. The molecule has 8 nitrogen and oxygen atoms in total. The maximum Gasteiger partial charge on any atom is 0.274 e. The first-order valence-corrected chi connectivity index (χ1v) is 12.5. The summed E-state index contributed by atoms with van der Waals surface area (Å²) in [6, 6.07) is 10.2. The van der Waals surface area contributed by atoms with Crippen molar-refractivity contribution in [2.45, 2.75) is 43.5 Å². The number of aromatic nitrogens is 2.